The Balaban J connectivity index is 3.16. The molecule has 0 saturated heterocycles. The number of halogens is 1. The van der Waals surface area contributed by atoms with Gasteiger partial charge in [-0.25, -0.2) is 4.39 Å². The number of likely N-dealkylation sites (N-methyl/N-ethyl adjacent to an activating group) is 1. The Labute approximate surface area is 86.5 Å². The van der Waals surface area contributed by atoms with Gasteiger partial charge < -0.3 is 11.1 Å². The minimum atomic E-state index is -0.710. The zero-order valence-corrected chi connectivity index (χ0v) is 8.12. The quantitative estimate of drug-likeness (QED) is 0.754. The van der Waals surface area contributed by atoms with Crippen molar-refractivity contribution in [2.24, 2.45) is 5.73 Å². The van der Waals surface area contributed by atoms with Crippen molar-refractivity contribution in [2.75, 3.05) is 7.05 Å². The van der Waals surface area contributed by atoms with Crippen LogP contribution in [0.1, 0.15) is 17.2 Å². The lowest BCUT2D eigenvalue weighted by atomic mass is 10.0. The van der Waals surface area contributed by atoms with E-state index in [1.54, 1.807) is 13.1 Å². The third-order valence-electron chi connectivity index (χ3n) is 2.02. The van der Waals surface area contributed by atoms with Gasteiger partial charge in [-0.15, -0.1) is 0 Å². The van der Waals surface area contributed by atoms with E-state index in [4.69, 9.17) is 11.0 Å². The van der Waals surface area contributed by atoms with Gasteiger partial charge in [-0.05, 0) is 24.7 Å². The zero-order valence-electron chi connectivity index (χ0n) is 8.12. The van der Waals surface area contributed by atoms with Crippen molar-refractivity contribution in [3.63, 3.8) is 0 Å². The van der Waals surface area contributed by atoms with Crippen LogP contribution in [0.3, 0.4) is 0 Å². The standard InChI is InChI=1S/C10H10FN3O/c1-14-9(10(13)15)6-2-3-8(11)7(4-6)5-12/h2-4,9,14H,1H3,(H2,13,15). The van der Waals surface area contributed by atoms with Crippen LogP contribution >= 0.6 is 0 Å². The van der Waals surface area contributed by atoms with Crippen molar-refractivity contribution >= 4 is 5.91 Å². The van der Waals surface area contributed by atoms with E-state index in [2.05, 4.69) is 5.32 Å². The first-order chi connectivity index (χ1) is 7.10. The average Bonchev–Trinajstić information content (AvgIpc) is 2.21. The molecule has 4 nitrogen and oxygen atoms in total. The number of nitrogens with one attached hydrogen (secondary N) is 1. The molecular formula is C10H10FN3O. The summed E-state index contributed by atoms with van der Waals surface area (Å²) in [5.74, 6) is -1.19. The molecule has 0 radical (unpaired) electrons. The fourth-order valence-electron chi connectivity index (χ4n) is 1.28. The Hall–Kier alpha value is -1.93. The molecule has 1 aromatic rings. The van der Waals surface area contributed by atoms with E-state index in [1.807, 2.05) is 0 Å². The van der Waals surface area contributed by atoms with Crippen LogP contribution in [0, 0.1) is 17.1 Å². The molecule has 0 aromatic heterocycles. The van der Waals surface area contributed by atoms with Gasteiger partial charge in [-0.3, -0.25) is 4.79 Å². The number of hydrogen-bond acceptors (Lipinski definition) is 3. The number of amides is 1. The van der Waals surface area contributed by atoms with Crippen molar-refractivity contribution in [2.45, 2.75) is 6.04 Å². The molecule has 78 valence electrons. The molecule has 0 aliphatic carbocycles. The summed E-state index contributed by atoms with van der Waals surface area (Å²) in [6.07, 6.45) is 0. The molecule has 0 aliphatic heterocycles. The Morgan fingerprint density at radius 1 is 1.67 bits per heavy atom. The third-order valence-corrected chi connectivity index (χ3v) is 2.02. The molecule has 5 heteroatoms. The number of hydrogen-bond donors (Lipinski definition) is 2. The minimum absolute atomic E-state index is 0.103. The van der Waals surface area contributed by atoms with Gasteiger partial charge in [0.2, 0.25) is 5.91 Å². The number of nitrogens with zero attached hydrogens (tertiary/aromatic N) is 1. The fourth-order valence-corrected chi connectivity index (χ4v) is 1.28. The van der Waals surface area contributed by atoms with Gasteiger partial charge in [0.15, 0.2) is 0 Å². The second-order valence-electron chi connectivity index (χ2n) is 2.98. The molecule has 1 aromatic carbocycles. The Morgan fingerprint density at radius 3 is 2.80 bits per heavy atom. The minimum Gasteiger partial charge on any atom is -0.368 e. The SMILES string of the molecule is CNC(C(N)=O)c1ccc(F)c(C#N)c1. The lowest BCUT2D eigenvalue weighted by Gasteiger charge is -2.12. The van der Waals surface area contributed by atoms with E-state index in [1.165, 1.54) is 12.1 Å². The molecule has 15 heavy (non-hydrogen) atoms. The van der Waals surface area contributed by atoms with Gasteiger partial charge in [-0.1, -0.05) is 6.07 Å². The van der Waals surface area contributed by atoms with E-state index in [9.17, 15) is 9.18 Å². The van der Waals surface area contributed by atoms with Gasteiger partial charge in [0.05, 0.1) is 5.56 Å². The Morgan fingerprint density at radius 2 is 2.33 bits per heavy atom. The Kier molecular flexibility index (Phi) is 3.37. The maximum absolute atomic E-state index is 13.0. The van der Waals surface area contributed by atoms with Crippen LogP contribution in [0.4, 0.5) is 4.39 Å². The van der Waals surface area contributed by atoms with E-state index in [0.29, 0.717) is 5.56 Å². The normalized spacial score (nSPS) is 11.8. The molecule has 0 heterocycles. The topological polar surface area (TPSA) is 78.9 Å². The maximum atomic E-state index is 13.0. The predicted molar refractivity (Wildman–Crippen MR) is 52.1 cm³/mol. The van der Waals surface area contributed by atoms with Crippen molar-refractivity contribution in [1.29, 1.82) is 5.26 Å². The number of nitrogens with two attached hydrogens (primary N) is 1. The Bertz CT molecular complexity index is 425. The predicted octanol–water partition coefficient (Wildman–Crippen LogP) is 0.443. The second-order valence-corrected chi connectivity index (χ2v) is 2.98. The molecule has 3 N–H and O–H groups in total. The summed E-state index contributed by atoms with van der Waals surface area (Å²) in [6, 6.07) is 4.85. The van der Waals surface area contributed by atoms with Crippen LogP contribution in [0.2, 0.25) is 0 Å². The molecule has 0 spiro atoms. The molecule has 0 aliphatic rings. The van der Waals surface area contributed by atoms with Crippen LogP contribution in [0.15, 0.2) is 18.2 Å². The number of nitriles is 1. The van der Waals surface area contributed by atoms with Crippen LogP contribution in [0.25, 0.3) is 0 Å². The largest absolute Gasteiger partial charge is 0.368 e. The van der Waals surface area contributed by atoms with E-state index >= 15 is 0 Å². The van der Waals surface area contributed by atoms with Crippen LogP contribution < -0.4 is 11.1 Å². The van der Waals surface area contributed by atoms with Crippen molar-refractivity contribution in [3.05, 3.63) is 35.1 Å². The van der Waals surface area contributed by atoms with E-state index in [0.717, 1.165) is 6.07 Å². The summed E-state index contributed by atoms with van der Waals surface area (Å²) in [4.78, 5) is 11.0. The molecule has 1 unspecified atom stereocenters. The van der Waals surface area contributed by atoms with Crippen molar-refractivity contribution in [3.8, 4) is 6.07 Å². The van der Waals surface area contributed by atoms with Crippen LogP contribution in [0.5, 0.6) is 0 Å². The highest BCUT2D eigenvalue weighted by Crippen LogP contribution is 2.16. The maximum Gasteiger partial charge on any atom is 0.239 e. The fraction of sp³-hybridized carbons (Fsp3) is 0.200. The van der Waals surface area contributed by atoms with Crippen LogP contribution in [-0.2, 0) is 4.79 Å². The second kappa shape index (κ2) is 4.53. The van der Waals surface area contributed by atoms with E-state index in [-0.39, 0.29) is 5.56 Å². The number of primary amides is 1. The zero-order chi connectivity index (χ0) is 11.4. The molecule has 0 fully saturated rings. The molecule has 0 bridgehead atoms. The van der Waals surface area contributed by atoms with Gasteiger partial charge in [0.1, 0.15) is 17.9 Å². The summed E-state index contributed by atoms with van der Waals surface area (Å²) in [5, 5.41) is 11.3. The highest BCUT2D eigenvalue weighted by Gasteiger charge is 2.16. The van der Waals surface area contributed by atoms with Crippen molar-refractivity contribution < 1.29 is 9.18 Å². The lowest BCUT2D eigenvalue weighted by molar-refractivity contribution is -0.120. The molecular weight excluding hydrogens is 197 g/mol. The third kappa shape index (κ3) is 2.30. The van der Waals surface area contributed by atoms with Crippen LogP contribution in [-0.4, -0.2) is 13.0 Å². The van der Waals surface area contributed by atoms with Gasteiger partial charge in [0.25, 0.3) is 0 Å². The first-order valence-corrected chi connectivity index (χ1v) is 4.26. The molecule has 1 amide bonds. The summed E-state index contributed by atoms with van der Waals surface area (Å²) < 4.78 is 13.0. The monoisotopic (exact) mass is 207 g/mol. The summed E-state index contributed by atoms with van der Waals surface area (Å²) >= 11 is 0. The lowest BCUT2D eigenvalue weighted by Crippen LogP contribution is -2.31. The summed E-state index contributed by atoms with van der Waals surface area (Å²) in [5.41, 5.74) is 5.50. The highest BCUT2D eigenvalue weighted by atomic mass is 19.1. The average molecular weight is 207 g/mol. The molecule has 1 atom stereocenters. The number of carbonyl (C=O) groups is 1. The number of carbonyl (C=O) groups excluding carboxylic acids is 1. The summed E-state index contributed by atoms with van der Waals surface area (Å²) in [6.45, 7) is 0. The molecule has 1 rings (SSSR count). The molecule has 0 saturated carbocycles. The smallest absolute Gasteiger partial charge is 0.239 e. The first kappa shape index (κ1) is 11.1. The van der Waals surface area contributed by atoms with Gasteiger partial charge in [0, 0.05) is 0 Å². The van der Waals surface area contributed by atoms with Gasteiger partial charge in [-0.2, -0.15) is 5.26 Å². The number of benzene rings is 1. The van der Waals surface area contributed by atoms with Crippen molar-refractivity contribution in [1.82, 2.24) is 5.32 Å². The summed E-state index contributed by atoms with van der Waals surface area (Å²) in [7, 11) is 1.56. The highest BCUT2D eigenvalue weighted by molar-refractivity contribution is 5.81. The van der Waals surface area contributed by atoms with Gasteiger partial charge >= 0.3 is 0 Å². The van der Waals surface area contributed by atoms with E-state index < -0.39 is 17.8 Å². The number of rotatable bonds is 3. The first-order valence-electron chi connectivity index (χ1n) is 4.26.